The zero-order chi connectivity index (χ0) is 14.3. The van der Waals surface area contributed by atoms with Gasteiger partial charge in [0.2, 0.25) is 0 Å². The van der Waals surface area contributed by atoms with Gasteiger partial charge in [0, 0.05) is 6.61 Å². The molecule has 1 aromatic rings. The molecule has 0 aliphatic carbocycles. The molecule has 0 aromatic carbocycles. The SMILES string of the molecule is CCCCOCCOC(=O)Cn1nc(C)c(N)c1C. The predicted octanol–water partition coefficient (Wildman–Crippen LogP) is 1.44. The minimum absolute atomic E-state index is 0.0822. The van der Waals surface area contributed by atoms with Crippen LogP contribution in [0, 0.1) is 13.8 Å². The molecule has 108 valence electrons. The van der Waals surface area contributed by atoms with Crippen molar-refractivity contribution >= 4 is 11.7 Å². The Bertz CT molecular complexity index is 416. The molecule has 0 fully saturated rings. The van der Waals surface area contributed by atoms with Crippen LogP contribution in [0.4, 0.5) is 5.69 Å². The molecule has 6 nitrogen and oxygen atoms in total. The van der Waals surface area contributed by atoms with Crippen LogP contribution in [-0.4, -0.2) is 35.6 Å². The van der Waals surface area contributed by atoms with Crippen LogP contribution in [0.25, 0.3) is 0 Å². The molecule has 0 saturated carbocycles. The second-order valence-electron chi connectivity index (χ2n) is 4.43. The number of hydrogen-bond acceptors (Lipinski definition) is 5. The summed E-state index contributed by atoms with van der Waals surface area (Å²) < 4.78 is 11.9. The average molecular weight is 269 g/mol. The van der Waals surface area contributed by atoms with Gasteiger partial charge in [0.1, 0.15) is 13.2 Å². The van der Waals surface area contributed by atoms with Gasteiger partial charge in [-0.2, -0.15) is 5.10 Å². The van der Waals surface area contributed by atoms with E-state index in [2.05, 4.69) is 12.0 Å². The molecule has 2 N–H and O–H groups in total. The molecule has 0 spiro atoms. The first-order valence-corrected chi connectivity index (χ1v) is 6.59. The van der Waals surface area contributed by atoms with Gasteiger partial charge < -0.3 is 15.2 Å². The van der Waals surface area contributed by atoms with Crippen LogP contribution in [0.1, 0.15) is 31.2 Å². The topological polar surface area (TPSA) is 79.4 Å². The maximum Gasteiger partial charge on any atom is 0.327 e. The van der Waals surface area contributed by atoms with Gasteiger partial charge in [0.15, 0.2) is 0 Å². The number of esters is 1. The maximum atomic E-state index is 11.6. The number of hydrogen-bond donors (Lipinski definition) is 1. The van der Waals surface area contributed by atoms with E-state index in [1.807, 2.05) is 13.8 Å². The van der Waals surface area contributed by atoms with Gasteiger partial charge in [-0.05, 0) is 20.3 Å². The van der Waals surface area contributed by atoms with E-state index >= 15 is 0 Å². The number of nitrogens with two attached hydrogens (primary N) is 1. The van der Waals surface area contributed by atoms with Crippen LogP contribution in [0.3, 0.4) is 0 Å². The fraction of sp³-hybridized carbons (Fsp3) is 0.692. The van der Waals surface area contributed by atoms with Crippen LogP contribution in [0.5, 0.6) is 0 Å². The lowest BCUT2D eigenvalue weighted by molar-refractivity contribution is -0.146. The Morgan fingerprint density at radius 1 is 1.32 bits per heavy atom. The number of nitrogens with zero attached hydrogens (tertiary/aromatic N) is 2. The second-order valence-corrected chi connectivity index (χ2v) is 4.43. The summed E-state index contributed by atoms with van der Waals surface area (Å²) in [7, 11) is 0. The van der Waals surface area contributed by atoms with E-state index in [-0.39, 0.29) is 19.1 Å². The second kappa shape index (κ2) is 7.78. The van der Waals surface area contributed by atoms with Gasteiger partial charge in [0.05, 0.1) is 23.7 Å². The predicted molar refractivity (Wildman–Crippen MR) is 72.8 cm³/mol. The quantitative estimate of drug-likeness (QED) is 0.570. The first-order chi connectivity index (χ1) is 9.06. The van der Waals surface area contributed by atoms with Crippen molar-refractivity contribution in [1.29, 1.82) is 0 Å². The van der Waals surface area contributed by atoms with Crippen molar-refractivity contribution < 1.29 is 14.3 Å². The van der Waals surface area contributed by atoms with Gasteiger partial charge in [-0.1, -0.05) is 13.3 Å². The van der Waals surface area contributed by atoms with Gasteiger partial charge >= 0.3 is 5.97 Å². The first kappa shape index (κ1) is 15.5. The number of aromatic nitrogens is 2. The fourth-order valence-electron chi connectivity index (χ4n) is 1.60. The standard InChI is InChI=1S/C13H23N3O3/c1-4-5-6-18-7-8-19-12(17)9-16-11(3)13(14)10(2)15-16/h4-9,14H2,1-3H3. The zero-order valence-electron chi connectivity index (χ0n) is 11.9. The molecule has 0 radical (unpaired) electrons. The van der Waals surface area contributed by atoms with E-state index in [1.165, 1.54) is 0 Å². The summed E-state index contributed by atoms with van der Waals surface area (Å²) in [5.41, 5.74) is 7.93. The minimum Gasteiger partial charge on any atom is -0.462 e. The van der Waals surface area contributed by atoms with Crippen molar-refractivity contribution in [2.45, 2.75) is 40.2 Å². The Labute approximate surface area is 113 Å². The molecule has 0 unspecified atom stereocenters. The van der Waals surface area contributed by atoms with Crippen molar-refractivity contribution in [1.82, 2.24) is 9.78 Å². The van der Waals surface area contributed by atoms with E-state index in [4.69, 9.17) is 15.2 Å². The van der Waals surface area contributed by atoms with Crippen LogP contribution in [0.2, 0.25) is 0 Å². The Morgan fingerprint density at radius 3 is 2.63 bits per heavy atom. The van der Waals surface area contributed by atoms with Crippen LogP contribution in [-0.2, 0) is 20.8 Å². The van der Waals surface area contributed by atoms with E-state index < -0.39 is 0 Å². The monoisotopic (exact) mass is 269 g/mol. The van der Waals surface area contributed by atoms with Gasteiger partial charge in [-0.3, -0.25) is 9.48 Å². The van der Waals surface area contributed by atoms with Gasteiger partial charge in [-0.25, -0.2) is 0 Å². The third-order valence-electron chi connectivity index (χ3n) is 2.85. The molecule has 0 saturated heterocycles. The van der Waals surface area contributed by atoms with E-state index in [1.54, 1.807) is 4.68 Å². The van der Waals surface area contributed by atoms with Crippen molar-refractivity contribution in [2.75, 3.05) is 25.6 Å². The minimum atomic E-state index is -0.329. The lowest BCUT2D eigenvalue weighted by Crippen LogP contribution is -2.18. The van der Waals surface area contributed by atoms with Crippen molar-refractivity contribution in [3.8, 4) is 0 Å². The maximum absolute atomic E-state index is 11.6. The van der Waals surface area contributed by atoms with Crippen molar-refractivity contribution in [2.24, 2.45) is 0 Å². The molecule has 0 amide bonds. The molecule has 1 aromatic heterocycles. The lowest BCUT2D eigenvalue weighted by Gasteiger charge is -2.07. The summed E-state index contributed by atoms with van der Waals surface area (Å²) in [4.78, 5) is 11.6. The molecule has 1 rings (SSSR count). The highest BCUT2D eigenvalue weighted by Crippen LogP contribution is 2.14. The third-order valence-corrected chi connectivity index (χ3v) is 2.85. The summed E-state index contributed by atoms with van der Waals surface area (Å²) in [5, 5.41) is 4.18. The summed E-state index contributed by atoms with van der Waals surface area (Å²) >= 11 is 0. The fourth-order valence-corrected chi connectivity index (χ4v) is 1.60. The average Bonchev–Trinajstić information content (AvgIpc) is 2.61. The highest BCUT2D eigenvalue weighted by atomic mass is 16.6. The number of anilines is 1. The normalized spacial score (nSPS) is 10.7. The summed E-state index contributed by atoms with van der Waals surface area (Å²) in [5.74, 6) is -0.329. The largest absolute Gasteiger partial charge is 0.462 e. The number of nitrogen functional groups attached to an aromatic ring is 1. The number of aryl methyl sites for hydroxylation is 1. The smallest absolute Gasteiger partial charge is 0.327 e. The van der Waals surface area contributed by atoms with Crippen molar-refractivity contribution in [3.05, 3.63) is 11.4 Å². The molecular weight excluding hydrogens is 246 g/mol. The molecule has 0 atom stereocenters. The molecule has 0 aliphatic heterocycles. The summed E-state index contributed by atoms with van der Waals surface area (Å²) in [6.45, 7) is 7.24. The van der Waals surface area contributed by atoms with Gasteiger partial charge in [0.25, 0.3) is 0 Å². The number of carbonyl (C=O) groups is 1. The number of ether oxygens (including phenoxy) is 2. The number of unbranched alkanes of at least 4 members (excludes halogenated alkanes) is 1. The molecular formula is C13H23N3O3. The van der Waals surface area contributed by atoms with Gasteiger partial charge in [-0.15, -0.1) is 0 Å². The number of carbonyl (C=O) groups excluding carboxylic acids is 1. The molecule has 19 heavy (non-hydrogen) atoms. The Kier molecular flexibility index (Phi) is 6.35. The Hall–Kier alpha value is -1.56. The van der Waals surface area contributed by atoms with Crippen LogP contribution >= 0.6 is 0 Å². The molecule has 6 heteroatoms. The van der Waals surface area contributed by atoms with E-state index in [9.17, 15) is 4.79 Å². The van der Waals surface area contributed by atoms with Crippen LogP contribution in [0.15, 0.2) is 0 Å². The van der Waals surface area contributed by atoms with E-state index in [0.29, 0.717) is 18.9 Å². The van der Waals surface area contributed by atoms with E-state index in [0.717, 1.165) is 24.2 Å². The Balaban J connectivity index is 2.26. The molecule has 0 aliphatic rings. The zero-order valence-corrected chi connectivity index (χ0v) is 11.9. The summed E-state index contributed by atoms with van der Waals surface area (Å²) in [6.07, 6.45) is 2.12. The third kappa shape index (κ3) is 4.90. The van der Waals surface area contributed by atoms with Crippen molar-refractivity contribution in [3.63, 3.8) is 0 Å². The van der Waals surface area contributed by atoms with Crippen LogP contribution < -0.4 is 5.73 Å². The lowest BCUT2D eigenvalue weighted by atomic mass is 10.3. The Morgan fingerprint density at radius 2 is 2.05 bits per heavy atom. The molecule has 0 bridgehead atoms. The summed E-state index contributed by atoms with van der Waals surface area (Å²) in [6, 6.07) is 0. The first-order valence-electron chi connectivity index (χ1n) is 6.59. The highest BCUT2D eigenvalue weighted by molar-refractivity contribution is 5.69. The molecule has 1 heterocycles. The number of rotatable bonds is 8. The highest BCUT2D eigenvalue weighted by Gasteiger charge is 2.12.